The van der Waals surface area contributed by atoms with Gasteiger partial charge in [-0.15, -0.1) is 0 Å². The summed E-state index contributed by atoms with van der Waals surface area (Å²) >= 11 is 0. The van der Waals surface area contributed by atoms with Crippen LogP contribution in [0.5, 0.6) is 0 Å². The Bertz CT molecular complexity index is 1230. The predicted octanol–water partition coefficient (Wildman–Crippen LogP) is 4.16. The molecule has 1 aromatic heterocycles. The van der Waals surface area contributed by atoms with Gasteiger partial charge in [0.1, 0.15) is 18.0 Å². The van der Waals surface area contributed by atoms with Crippen LogP contribution in [0.4, 0.5) is 8.78 Å². The molecular formula is C22H21F2NO5S. The molecule has 0 unspecified atom stereocenters. The molecule has 4 rings (SSSR count). The number of hydrogen-bond donors (Lipinski definition) is 0. The number of hydrogen-bond acceptors (Lipinski definition) is 5. The average molecular weight is 449 g/mol. The van der Waals surface area contributed by atoms with Crippen LogP contribution >= 0.6 is 0 Å². The highest BCUT2D eigenvalue weighted by atomic mass is 32.2. The molecule has 0 amide bonds. The quantitative estimate of drug-likeness (QED) is 0.547. The number of carbonyl (C=O) groups excluding carboxylic acids is 1. The molecule has 2 aromatic carbocycles. The van der Waals surface area contributed by atoms with Crippen LogP contribution in [0.25, 0.3) is 11.0 Å². The summed E-state index contributed by atoms with van der Waals surface area (Å²) in [6, 6.07) is 10.0. The molecule has 3 aromatic rings. The number of benzene rings is 2. The second kappa shape index (κ2) is 8.39. The molecule has 0 aliphatic carbocycles. The number of esters is 1. The van der Waals surface area contributed by atoms with E-state index in [9.17, 15) is 22.0 Å². The first-order valence-corrected chi connectivity index (χ1v) is 11.3. The topological polar surface area (TPSA) is 76.8 Å². The molecule has 2 heterocycles. The number of halogens is 2. The summed E-state index contributed by atoms with van der Waals surface area (Å²) in [5.41, 5.74) is 1.64. The van der Waals surface area contributed by atoms with Crippen molar-refractivity contribution in [3.05, 3.63) is 65.4 Å². The van der Waals surface area contributed by atoms with Crippen molar-refractivity contribution in [2.24, 2.45) is 5.92 Å². The van der Waals surface area contributed by atoms with Crippen molar-refractivity contribution < 1.29 is 31.1 Å². The van der Waals surface area contributed by atoms with Gasteiger partial charge in [-0.25, -0.2) is 17.2 Å². The molecule has 0 bridgehead atoms. The van der Waals surface area contributed by atoms with E-state index in [-0.39, 0.29) is 37.4 Å². The van der Waals surface area contributed by atoms with Gasteiger partial charge in [-0.2, -0.15) is 4.31 Å². The molecule has 1 aliphatic heterocycles. The van der Waals surface area contributed by atoms with E-state index < -0.39 is 33.5 Å². The van der Waals surface area contributed by atoms with Crippen molar-refractivity contribution >= 4 is 27.0 Å². The second-order valence-electron chi connectivity index (χ2n) is 7.51. The van der Waals surface area contributed by atoms with Gasteiger partial charge in [0.25, 0.3) is 0 Å². The molecular weight excluding hydrogens is 428 g/mol. The molecule has 0 radical (unpaired) electrons. The van der Waals surface area contributed by atoms with Gasteiger partial charge in [0, 0.05) is 24.0 Å². The number of para-hydroxylation sites is 1. The standard InChI is InChI=1S/C22H21F2NO5S/c1-14-17-4-2-3-5-20(17)30-21(14)13-29-22(26)15-8-10-25(11-9-15)31(27,28)16-6-7-18(23)19(24)12-16/h2-7,12,15H,8-11,13H2,1H3. The first-order chi connectivity index (χ1) is 14.8. The van der Waals surface area contributed by atoms with Crippen molar-refractivity contribution in [3.63, 3.8) is 0 Å². The lowest BCUT2D eigenvalue weighted by molar-refractivity contribution is -0.151. The summed E-state index contributed by atoms with van der Waals surface area (Å²) in [5.74, 6) is -2.61. The monoisotopic (exact) mass is 449 g/mol. The van der Waals surface area contributed by atoms with E-state index in [1.807, 2.05) is 31.2 Å². The lowest BCUT2D eigenvalue weighted by Crippen LogP contribution is -2.40. The number of rotatable bonds is 5. The van der Waals surface area contributed by atoms with Gasteiger partial charge in [-0.05, 0) is 44.0 Å². The van der Waals surface area contributed by atoms with Gasteiger partial charge in [0.2, 0.25) is 10.0 Å². The SMILES string of the molecule is Cc1c(COC(=O)C2CCN(S(=O)(=O)c3ccc(F)c(F)c3)CC2)oc2ccccc12. The molecule has 1 fully saturated rings. The van der Waals surface area contributed by atoms with Gasteiger partial charge >= 0.3 is 5.97 Å². The summed E-state index contributed by atoms with van der Waals surface area (Å²) in [7, 11) is -3.97. The van der Waals surface area contributed by atoms with E-state index in [4.69, 9.17) is 9.15 Å². The smallest absolute Gasteiger partial charge is 0.309 e. The van der Waals surface area contributed by atoms with Gasteiger partial charge in [0.05, 0.1) is 10.8 Å². The first kappa shape index (κ1) is 21.5. The minimum atomic E-state index is -3.97. The van der Waals surface area contributed by atoms with Crippen molar-refractivity contribution in [1.29, 1.82) is 0 Å². The number of nitrogens with zero attached hydrogens (tertiary/aromatic N) is 1. The third kappa shape index (κ3) is 4.20. The molecule has 0 saturated carbocycles. The van der Waals surface area contributed by atoms with E-state index in [0.29, 0.717) is 11.8 Å². The number of ether oxygens (including phenoxy) is 1. The fraction of sp³-hybridized carbons (Fsp3) is 0.318. The fourth-order valence-corrected chi connectivity index (χ4v) is 5.22. The summed E-state index contributed by atoms with van der Waals surface area (Å²) < 4.78 is 64.2. The van der Waals surface area contributed by atoms with Gasteiger partial charge < -0.3 is 9.15 Å². The fourth-order valence-electron chi connectivity index (χ4n) is 3.74. The Kier molecular flexibility index (Phi) is 5.81. The zero-order valence-corrected chi connectivity index (χ0v) is 17.6. The maximum absolute atomic E-state index is 13.4. The Hall–Kier alpha value is -2.78. The maximum atomic E-state index is 13.4. The van der Waals surface area contributed by atoms with Crippen molar-refractivity contribution in [2.45, 2.75) is 31.3 Å². The molecule has 1 aliphatic rings. The largest absolute Gasteiger partial charge is 0.457 e. The lowest BCUT2D eigenvalue weighted by atomic mass is 9.98. The van der Waals surface area contributed by atoms with Crippen LogP contribution in [0, 0.1) is 24.5 Å². The third-order valence-electron chi connectivity index (χ3n) is 5.60. The number of furan rings is 1. The third-order valence-corrected chi connectivity index (χ3v) is 7.50. The minimum Gasteiger partial charge on any atom is -0.457 e. The zero-order valence-electron chi connectivity index (χ0n) is 16.8. The molecule has 6 nitrogen and oxygen atoms in total. The Morgan fingerprint density at radius 1 is 1.13 bits per heavy atom. The van der Waals surface area contributed by atoms with Crippen LogP contribution < -0.4 is 0 Å². The van der Waals surface area contributed by atoms with Gasteiger partial charge in [0.15, 0.2) is 11.6 Å². The van der Waals surface area contributed by atoms with Crippen LogP contribution in [0.15, 0.2) is 51.8 Å². The minimum absolute atomic E-state index is 0.00666. The summed E-state index contributed by atoms with van der Waals surface area (Å²) in [6.07, 6.45) is 0.557. The zero-order chi connectivity index (χ0) is 22.2. The average Bonchev–Trinajstić information content (AvgIpc) is 3.09. The summed E-state index contributed by atoms with van der Waals surface area (Å²) in [6.45, 7) is 2.08. The molecule has 1 saturated heterocycles. The highest BCUT2D eigenvalue weighted by Crippen LogP contribution is 2.28. The van der Waals surface area contributed by atoms with E-state index in [1.165, 1.54) is 4.31 Å². The van der Waals surface area contributed by atoms with Crippen molar-refractivity contribution in [3.8, 4) is 0 Å². The van der Waals surface area contributed by atoms with Crippen LogP contribution in [0.2, 0.25) is 0 Å². The van der Waals surface area contributed by atoms with Crippen LogP contribution in [-0.2, 0) is 26.2 Å². The molecule has 0 atom stereocenters. The predicted molar refractivity (Wildman–Crippen MR) is 109 cm³/mol. The van der Waals surface area contributed by atoms with Gasteiger partial charge in [-0.3, -0.25) is 4.79 Å². The van der Waals surface area contributed by atoms with E-state index >= 15 is 0 Å². The number of carbonyl (C=O) groups is 1. The number of aryl methyl sites for hydroxylation is 1. The molecule has 0 spiro atoms. The molecule has 164 valence electrons. The van der Waals surface area contributed by atoms with Gasteiger partial charge in [-0.1, -0.05) is 18.2 Å². The first-order valence-electron chi connectivity index (χ1n) is 9.86. The van der Waals surface area contributed by atoms with Crippen LogP contribution in [0.1, 0.15) is 24.2 Å². The Morgan fingerprint density at radius 3 is 2.52 bits per heavy atom. The normalized spacial score (nSPS) is 16.0. The van der Waals surface area contributed by atoms with Crippen LogP contribution in [0.3, 0.4) is 0 Å². The molecule has 0 N–H and O–H groups in total. The number of sulfonamides is 1. The highest BCUT2D eigenvalue weighted by Gasteiger charge is 2.33. The maximum Gasteiger partial charge on any atom is 0.309 e. The highest BCUT2D eigenvalue weighted by molar-refractivity contribution is 7.89. The Balaban J connectivity index is 1.36. The molecule has 31 heavy (non-hydrogen) atoms. The lowest BCUT2D eigenvalue weighted by Gasteiger charge is -2.30. The van der Waals surface area contributed by atoms with Crippen LogP contribution in [-0.4, -0.2) is 31.8 Å². The number of piperidine rings is 1. The van der Waals surface area contributed by atoms with E-state index in [1.54, 1.807) is 0 Å². The molecule has 9 heteroatoms. The van der Waals surface area contributed by atoms with Crippen molar-refractivity contribution in [1.82, 2.24) is 4.31 Å². The summed E-state index contributed by atoms with van der Waals surface area (Å²) in [5, 5.41) is 0.962. The van der Waals surface area contributed by atoms with E-state index in [2.05, 4.69) is 0 Å². The second-order valence-corrected chi connectivity index (χ2v) is 9.45. The van der Waals surface area contributed by atoms with E-state index in [0.717, 1.165) is 28.7 Å². The Labute approximate surface area is 178 Å². The Morgan fingerprint density at radius 2 is 1.84 bits per heavy atom. The summed E-state index contributed by atoms with van der Waals surface area (Å²) in [4.78, 5) is 12.2. The van der Waals surface area contributed by atoms with Crippen molar-refractivity contribution in [2.75, 3.05) is 13.1 Å². The number of fused-ring (bicyclic) bond motifs is 1.